The van der Waals surface area contributed by atoms with E-state index in [9.17, 15) is 19.5 Å². The van der Waals surface area contributed by atoms with Crippen LogP contribution in [-0.4, -0.2) is 52.6 Å². The molecule has 0 radical (unpaired) electrons. The van der Waals surface area contributed by atoms with Crippen molar-refractivity contribution in [2.45, 2.75) is 18.6 Å². The summed E-state index contributed by atoms with van der Waals surface area (Å²) in [6, 6.07) is 5.05. The lowest BCUT2D eigenvalue weighted by Crippen LogP contribution is -2.47. The van der Waals surface area contributed by atoms with E-state index in [2.05, 4.69) is 22.2 Å². The van der Waals surface area contributed by atoms with Gasteiger partial charge >= 0.3 is 5.97 Å². The van der Waals surface area contributed by atoms with E-state index in [0.29, 0.717) is 5.69 Å². The topological polar surface area (TPSA) is 180 Å². The van der Waals surface area contributed by atoms with E-state index in [-0.39, 0.29) is 11.5 Å². The van der Waals surface area contributed by atoms with Crippen molar-refractivity contribution in [1.29, 1.82) is 0 Å². The van der Waals surface area contributed by atoms with Crippen molar-refractivity contribution in [2.75, 3.05) is 6.54 Å². The standard InChI is InChI=1S/C16H21N5O5/c1-2-12(22)11(7-14(24)25)21-13(23)8-19-15(26)9-4-3-5-10(6-9)20-16(17)18/h2-6,11-12,22H,1,7-8H2,(H,19,26)(H,21,23)(H,24,25)(H4,17,18,20). The van der Waals surface area contributed by atoms with Gasteiger partial charge in [-0.2, -0.15) is 0 Å². The molecule has 140 valence electrons. The lowest BCUT2D eigenvalue weighted by atomic mass is 10.1. The van der Waals surface area contributed by atoms with Gasteiger partial charge in [-0.3, -0.25) is 14.4 Å². The molecule has 8 N–H and O–H groups in total. The normalized spacial score (nSPS) is 12.3. The molecule has 0 aliphatic rings. The second-order valence-electron chi connectivity index (χ2n) is 5.27. The summed E-state index contributed by atoms with van der Waals surface area (Å²) in [5.74, 6) is -2.57. The fourth-order valence-corrected chi connectivity index (χ4v) is 2.00. The highest BCUT2D eigenvalue weighted by molar-refractivity contribution is 5.97. The number of aliphatic imine (C=N–C) groups is 1. The molecule has 1 aromatic carbocycles. The van der Waals surface area contributed by atoms with Gasteiger partial charge in [0.05, 0.1) is 30.8 Å². The van der Waals surface area contributed by atoms with Gasteiger partial charge in [-0.25, -0.2) is 4.99 Å². The van der Waals surface area contributed by atoms with Crippen LogP contribution in [0, 0.1) is 0 Å². The maximum Gasteiger partial charge on any atom is 0.305 e. The molecule has 26 heavy (non-hydrogen) atoms. The third-order valence-corrected chi connectivity index (χ3v) is 3.17. The van der Waals surface area contributed by atoms with E-state index in [0.717, 1.165) is 6.08 Å². The molecule has 0 aliphatic carbocycles. The first-order chi connectivity index (χ1) is 12.2. The van der Waals surface area contributed by atoms with Crippen molar-refractivity contribution in [3.8, 4) is 0 Å². The third-order valence-electron chi connectivity index (χ3n) is 3.17. The number of carbonyl (C=O) groups excluding carboxylic acids is 2. The molecule has 10 heteroatoms. The highest BCUT2D eigenvalue weighted by Crippen LogP contribution is 2.13. The van der Waals surface area contributed by atoms with Gasteiger partial charge in [0.2, 0.25) is 5.91 Å². The van der Waals surface area contributed by atoms with Crippen LogP contribution in [0.3, 0.4) is 0 Å². The van der Waals surface area contributed by atoms with Crippen LogP contribution < -0.4 is 22.1 Å². The Morgan fingerprint density at radius 3 is 2.58 bits per heavy atom. The number of hydrogen-bond acceptors (Lipinski definition) is 5. The summed E-state index contributed by atoms with van der Waals surface area (Å²) in [6.07, 6.45) is -0.614. The first-order valence-electron chi connectivity index (χ1n) is 7.52. The van der Waals surface area contributed by atoms with Gasteiger partial charge in [0.15, 0.2) is 5.96 Å². The lowest BCUT2D eigenvalue weighted by Gasteiger charge is -2.20. The molecular weight excluding hydrogens is 342 g/mol. The minimum atomic E-state index is -1.23. The number of aliphatic hydroxyl groups is 1. The van der Waals surface area contributed by atoms with Crippen molar-refractivity contribution < 1.29 is 24.6 Å². The Labute approximate surface area is 149 Å². The van der Waals surface area contributed by atoms with Crippen LogP contribution in [-0.2, 0) is 9.59 Å². The molecule has 0 saturated heterocycles. The monoisotopic (exact) mass is 363 g/mol. The van der Waals surface area contributed by atoms with Crippen molar-refractivity contribution in [2.24, 2.45) is 16.5 Å². The number of guanidine groups is 1. The van der Waals surface area contributed by atoms with Crippen LogP contribution >= 0.6 is 0 Å². The fourth-order valence-electron chi connectivity index (χ4n) is 2.00. The van der Waals surface area contributed by atoms with Gasteiger partial charge in [0.25, 0.3) is 5.91 Å². The second-order valence-corrected chi connectivity index (χ2v) is 5.27. The summed E-state index contributed by atoms with van der Waals surface area (Å²) in [5.41, 5.74) is 11.1. The number of nitrogens with two attached hydrogens (primary N) is 2. The minimum Gasteiger partial charge on any atom is -0.481 e. The molecule has 0 bridgehead atoms. The van der Waals surface area contributed by atoms with Crippen LogP contribution in [0.5, 0.6) is 0 Å². The molecule has 2 amide bonds. The number of aliphatic carboxylic acids is 1. The van der Waals surface area contributed by atoms with E-state index < -0.39 is 42.9 Å². The number of rotatable bonds is 9. The van der Waals surface area contributed by atoms with Crippen LogP contribution in [0.2, 0.25) is 0 Å². The number of benzene rings is 1. The Balaban J connectivity index is 2.66. The van der Waals surface area contributed by atoms with Gasteiger partial charge in [-0.1, -0.05) is 12.1 Å². The summed E-state index contributed by atoms with van der Waals surface area (Å²) >= 11 is 0. The molecule has 0 aromatic heterocycles. The first kappa shape index (κ1) is 20.6. The average molecular weight is 363 g/mol. The first-order valence-corrected chi connectivity index (χ1v) is 7.52. The van der Waals surface area contributed by atoms with Crippen molar-refractivity contribution in [3.63, 3.8) is 0 Å². The number of carboxylic acid groups (broad SMARTS) is 1. The maximum absolute atomic E-state index is 12.1. The fraction of sp³-hybridized carbons (Fsp3) is 0.250. The van der Waals surface area contributed by atoms with Gasteiger partial charge in [-0.05, 0) is 18.2 Å². The molecule has 2 atom stereocenters. The molecule has 0 aliphatic heterocycles. The number of amides is 2. The molecule has 0 heterocycles. The lowest BCUT2D eigenvalue weighted by molar-refractivity contribution is -0.138. The van der Waals surface area contributed by atoms with E-state index in [1.165, 1.54) is 12.1 Å². The Morgan fingerprint density at radius 1 is 1.31 bits per heavy atom. The third kappa shape index (κ3) is 7.01. The number of carbonyl (C=O) groups is 3. The second kappa shape index (κ2) is 9.79. The number of nitrogens with zero attached hydrogens (tertiary/aromatic N) is 1. The van der Waals surface area contributed by atoms with Crippen LogP contribution in [0.25, 0.3) is 0 Å². The van der Waals surface area contributed by atoms with Gasteiger partial charge < -0.3 is 32.3 Å². The summed E-state index contributed by atoms with van der Waals surface area (Å²) in [6.45, 7) is 2.93. The van der Waals surface area contributed by atoms with Gasteiger partial charge in [0, 0.05) is 5.56 Å². The quantitative estimate of drug-likeness (QED) is 0.181. The molecule has 0 fully saturated rings. The SMILES string of the molecule is C=CC(O)C(CC(=O)O)NC(=O)CNC(=O)c1cccc(N=C(N)N)c1. The molecular formula is C16H21N5O5. The molecule has 0 saturated carbocycles. The van der Waals surface area contributed by atoms with Crippen molar-refractivity contribution >= 4 is 29.4 Å². The molecule has 10 nitrogen and oxygen atoms in total. The Bertz CT molecular complexity index is 715. The Hall–Kier alpha value is -3.40. The average Bonchev–Trinajstić information content (AvgIpc) is 2.57. The number of nitrogens with one attached hydrogen (secondary N) is 2. The molecule has 1 rings (SSSR count). The van der Waals surface area contributed by atoms with E-state index >= 15 is 0 Å². The zero-order valence-corrected chi connectivity index (χ0v) is 13.9. The van der Waals surface area contributed by atoms with E-state index in [4.69, 9.17) is 16.6 Å². The van der Waals surface area contributed by atoms with Gasteiger partial charge in [-0.15, -0.1) is 6.58 Å². The van der Waals surface area contributed by atoms with Crippen LogP contribution in [0.4, 0.5) is 5.69 Å². The predicted octanol–water partition coefficient (Wildman–Crippen LogP) is -1.17. The number of carboxylic acids is 1. The zero-order chi connectivity index (χ0) is 19.7. The summed E-state index contributed by atoms with van der Waals surface area (Å²) in [7, 11) is 0. The maximum atomic E-state index is 12.1. The minimum absolute atomic E-state index is 0.160. The number of aliphatic hydroxyl groups excluding tert-OH is 1. The van der Waals surface area contributed by atoms with E-state index in [1.54, 1.807) is 12.1 Å². The summed E-state index contributed by atoms with van der Waals surface area (Å²) in [4.78, 5) is 38.6. The summed E-state index contributed by atoms with van der Waals surface area (Å²) in [5, 5.41) is 23.2. The Kier molecular flexibility index (Phi) is 7.77. The largest absolute Gasteiger partial charge is 0.481 e. The van der Waals surface area contributed by atoms with Gasteiger partial charge in [0.1, 0.15) is 0 Å². The predicted molar refractivity (Wildman–Crippen MR) is 94.6 cm³/mol. The smallest absolute Gasteiger partial charge is 0.305 e. The van der Waals surface area contributed by atoms with Crippen LogP contribution in [0.1, 0.15) is 16.8 Å². The highest BCUT2D eigenvalue weighted by Gasteiger charge is 2.22. The highest BCUT2D eigenvalue weighted by atomic mass is 16.4. The van der Waals surface area contributed by atoms with Crippen molar-refractivity contribution in [1.82, 2.24) is 10.6 Å². The molecule has 1 aromatic rings. The zero-order valence-electron chi connectivity index (χ0n) is 13.9. The van der Waals surface area contributed by atoms with Crippen molar-refractivity contribution in [3.05, 3.63) is 42.5 Å². The summed E-state index contributed by atoms with van der Waals surface area (Å²) < 4.78 is 0. The number of hydrogen-bond donors (Lipinski definition) is 6. The van der Waals surface area contributed by atoms with Crippen LogP contribution in [0.15, 0.2) is 41.9 Å². The van der Waals surface area contributed by atoms with E-state index in [1.807, 2.05) is 0 Å². The molecule has 0 spiro atoms. The Morgan fingerprint density at radius 2 is 2.00 bits per heavy atom. The molecule has 2 unspecified atom stereocenters.